The normalized spacial score (nSPS) is 15.7. The number of nitrogens with zero attached hydrogens (tertiary/aromatic N) is 3. The number of anilines is 2. The molecule has 1 aliphatic heterocycles. The molecule has 0 bridgehead atoms. The third-order valence-electron chi connectivity index (χ3n) is 7.75. The standard InChI is InChI=1S/C35H41N3O3/c1-24-19-27(12-15-32(24)41-5)26-10-8-25(9-11-26)22-38(33(40)21-35(2,3)4)34-31-14-13-29(20-28(31)16-17-36-34)37-18-6-7-30(39)23-37/h8-17,19-20,30,39H,6-7,18,21-23H2,1-5H3. The molecule has 0 aliphatic carbocycles. The molecule has 1 aromatic heterocycles. The lowest BCUT2D eigenvalue weighted by Gasteiger charge is -2.32. The van der Waals surface area contributed by atoms with Gasteiger partial charge in [0, 0.05) is 36.8 Å². The van der Waals surface area contributed by atoms with Crippen molar-refractivity contribution in [3.05, 3.63) is 84.1 Å². The fourth-order valence-electron chi connectivity index (χ4n) is 5.62. The van der Waals surface area contributed by atoms with E-state index in [2.05, 4.69) is 80.3 Å². The summed E-state index contributed by atoms with van der Waals surface area (Å²) in [7, 11) is 1.69. The van der Waals surface area contributed by atoms with Gasteiger partial charge in [-0.3, -0.25) is 9.69 Å². The highest BCUT2D eigenvalue weighted by Gasteiger charge is 2.25. The van der Waals surface area contributed by atoms with Gasteiger partial charge in [-0.2, -0.15) is 0 Å². The smallest absolute Gasteiger partial charge is 0.229 e. The number of amides is 1. The van der Waals surface area contributed by atoms with Gasteiger partial charge < -0.3 is 14.7 Å². The monoisotopic (exact) mass is 551 g/mol. The number of piperidine rings is 1. The largest absolute Gasteiger partial charge is 0.496 e. The van der Waals surface area contributed by atoms with Crippen molar-refractivity contribution in [1.29, 1.82) is 0 Å². The van der Waals surface area contributed by atoms with Crippen LogP contribution in [-0.2, 0) is 11.3 Å². The van der Waals surface area contributed by atoms with E-state index in [9.17, 15) is 9.90 Å². The van der Waals surface area contributed by atoms with Gasteiger partial charge in [-0.15, -0.1) is 0 Å². The molecule has 1 N–H and O–H groups in total. The Hall–Kier alpha value is -3.90. The molecule has 1 amide bonds. The van der Waals surface area contributed by atoms with Crippen molar-refractivity contribution in [2.45, 2.75) is 59.6 Å². The number of benzene rings is 3. The van der Waals surface area contributed by atoms with Crippen LogP contribution in [-0.4, -0.2) is 42.3 Å². The van der Waals surface area contributed by atoms with Crippen LogP contribution in [0.3, 0.4) is 0 Å². The van der Waals surface area contributed by atoms with Crippen LogP contribution in [0.5, 0.6) is 5.75 Å². The number of carbonyl (C=O) groups excluding carboxylic acids is 1. The molecule has 214 valence electrons. The van der Waals surface area contributed by atoms with Crippen molar-refractivity contribution in [2.75, 3.05) is 30.0 Å². The first-order chi connectivity index (χ1) is 19.6. The molecule has 6 nitrogen and oxygen atoms in total. The molecule has 1 aliphatic rings. The van der Waals surface area contributed by atoms with Crippen LogP contribution in [0.25, 0.3) is 21.9 Å². The second kappa shape index (κ2) is 11.9. The van der Waals surface area contributed by atoms with E-state index in [-0.39, 0.29) is 17.4 Å². The number of aryl methyl sites for hydroxylation is 1. The summed E-state index contributed by atoms with van der Waals surface area (Å²) < 4.78 is 5.41. The van der Waals surface area contributed by atoms with Gasteiger partial charge in [0.1, 0.15) is 11.6 Å². The van der Waals surface area contributed by atoms with Crippen LogP contribution in [0.4, 0.5) is 11.5 Å². The fraction of sp³-hybridized carbons (Fsp3) is 0.371. The van der Waals surface area contributed by atoms with E-state index >= 15 is 0 Å². The van der Waals surface area contributed by atoms with E-state index in [1.54, 1.807) is 13.3 Å². The van der Waals surface area contributed by atoms with Gasteiger partial charge in [-0.05, 0) is 89.2 Å². The molecule has 4 aromatic rings. The number of aromatic nitrogens is 1. The minimum Gasteiger partial charge on any atom is -0.496 e. The molecule has 0 saturated carbocycles. The Balaban J connectivity index is 1.46. The number of hydrogen-bond donors (Lipinski definition) is 1. The first-order valence-electron chi connectivity index (χ1n) is 14.5. The topological polar surface area (TPSA) is 65.9 Å². The second-order valence-electron chi connectivity index (χ2n) is 12.4. The van der Waals surface area contributed by atoms with E-state index in [0.717, 1.165) is 63.8 Å². The van der Waals surface area contributed by atoms with Crippen molar-refractivity contribution >= 4 is 28.2 Å². The predicted molar refractivity (Wildman–Crippen MR) is 168 cm³/mol. The Bertz CT molecular complexity index is 1520. The van der Waals surface area contributed by atoms with Crippen LogP contribution in [0.1, 0.15) is 51.2 Å². The van der Waals surface area contributed by atoms with Crippen molar-refractivity contribution in [3.63, 3.8) is 0 Å². The minimum atomic E-state index is -0.293. The number of fused-ring (bicyclic) bond motifs is 1. The van der Waals surface area contributed by atoms with Crippen molar-refractivity contribution < 1.29 is 14.6 Å². The Morgan fingerprint density at radius 1 is 1.05 bits per heavy atom. The Morgan fingerprint density at radius 2 is 1.80 bits per heavy atom. The average Bonchev–Trinajstić information content (AvgIpc) is 2.94. The summed E-state index contributed by atoms with van der Waals surface area (Å²) in [6, 6.07) is 22.9. The SMILES string of the molecule is COc1ccc(-c2ccc(CN(C(=O)CC(C)(C)C)c3nccc4cc(N5CCCC(O)C5)ccc34)cc2)cc1C. The third-order valence-corrected chi connectivity index (χ3v) is 7.75. The number of hydrogen-bond acceptors (Lipinski definition) is 5. The summed E-state index contributed by atoms with van der Waals surface area (Å²) in [4.78, 5) is 22.6. The zero-order chi connectivity index (χ0) is 29.1. The van der Waals surface area contributed by atoms with Gasteiger partial charge in [-0.25, -0.2) is 4.98 Å². The van der Waals surface area contributed by atoms with E-state index in [1.807, 2.05) is 24.0 Å². The van der Waals surface area contributed by atoms with Crippen molar-refractivity contribution in [3.8, 4) is 16.9 Å². The molecule has 5 rings (SSSR count). The van der Waals surface area contributed by atoms with Gasteiger partial charge >= 0.3 is 0 Å². The summed E-state index contributed by atoms with van der Waals surface area (Å²) in [6.45, 7) is 10.3. The van der Waals surface area contributed by atoms with Gasteiger partial charge in [0.15, 0.2) is 0 Å². The fourth-order valence-corrected chi connectivity index (χ4v) is 5.62. The molecule has 1 atom stereocenters. The Labute approximate surface area is 243 Å². The molecule has 41 heavy (non-hydrogen) atoms. The highest BCUT2D eigenvalue weighted by Crippen LogP contribution is 2.33. The summed E-state index contributed by atoms with van der Waals surface area (Å²) in [6.07, 6.45) is 3.74. The molecule has 6 heteroatoms. The number of methoxy groups -OCH3 is 1. The van der Waals surface area contributed by atoms with E-state index < -0.39 is 0 Å². The molecule has 2 heterocycles. The minimum absolute atomic E-state index is 0.0515. The van der Waals surface area contributed by atoms with Crippen LogP contribution in [0.2, 0.25) is 0 Å². The number of rotatable bonds is 7. The lowest BCUT2D eigenvalue weighted by molar-refractivity contribution is -0.120. The highest BCUT2D eigenvalue weighted by atomic mass is 16.5. The summed E-state index contributed by atoms with van der Waals surface area (Å²) in [5.41, 5.74) is 5.31. The molecular formula is C35H41N3O3. The molecule has 3 aromatic carbocycles. The molecule has 0 spiro atoms. The predicted octanol–water partition coefficient (Wildman–Crippen LogP) is 7.15. The zero-order valence-electron chi connectivity index (χ0n) is 24.9. The van der Waals surface area contributed by atoms with Crippen molar-refractivity contribution in [1.82, 2.24) is 4.98 Å². The summed E-state index contributed by atoms with van der Waals surface area (Å²) in [5, 5.41) is 12.2. The van der Waals surface area contributed by atoms with Crippen LogP contribution >= 0.6 is 0 Å². The van der Waals surface area contributed by atoms with Gasteiger partial charge in [0.25, 0.3) is 0 Å². The molecule has 0 radical (unpaired) electrons. The molecular weight excluding hydrogens is 510 g/mol. The number of aliphatic hydroxyl groups excluding tert-OH is 1. The first-order valence-corrected chi connectivity index (χ1v) is 14.5. The van der Waals surface area contributed by atoms with Crippen LogP contribution in [0, 0.1) is 12.3 Å². The maximum Gasteiger partial charge on any atom is 0.229 e. The number of ether oxygens (including phenoxy) is 1. The summed E-state index contributed by atoms with van der Waals surface area (Å²) >= 11 is 0. The number of aliphatic hydroxyl groups is 1. The quantitative estimate of drug-likeness (QED) is 0.264. The van der Waals surface area contributed by atoms with Gasteiger partial charge in [0.2, 0.25) is 5.91 Å². The van der Waals surface area contributed by atoms with Crippen molar-refractivity contribution in [2.24, 2.45) is 5.41 Å². The lowest BCUT2D eigenvalue weighted by atomic mass is 9.91. The first kappa shape index (κ1) is 28.6. The average molecular weight is 552 g/mol. The van der Waals surface area contributed by atoms with Gasteiger partial charge in [-0.1, -0.05) is 51.1 Å². The number of carbonyl (C=O) groups is 1. The van der Waals surface area contributed by atoms with E-state index in [1.165, 1.54) is 0 Å². The lowest BCUT2D eigenvalue weighted by Crippen LogP contribution is -2.38. The maximum absolute atomic E-state index is 13.8. The Morgan fingerprint density at radius 3 is 2.49 bits per heavy atom. The third kappa shape index (κ3) is 6.71. The number of β-amino-alcohol motifs (C(OH)–C–C–N with tert-alkyl or cyclic N) is 1. The van der Waals surface area contributed by atoms with E-state index in [0.29, 0.717) is 25.3 Å². The zero-order valence-corrected chi connectivity index (χ0v) is 24.9. The van der Waals surface area contributed by atoms with E-state index in [4.69, 9.17) is 9.72 Å². The molecule has 1 unspecified atom stereocenters. The maximum atomic E-state index is 13.8. The Kier molecular flexibility index (Phi) is 8.32. The second-order valence-corrected chi connectivity index (χ2v) is 12.4. The highest BCUT2D eigenvalue weighted by molar-refractivity contribution is 6.03. The number of pyridine rings is 1. The molecule has 1 saturated heterocycles. The summed E-state index contributed by atoms with van der Waals surface area (Å²) in [5.74, 6) is 1.61. The van der Waals surface area contributed by atoms with Crippen LogP contribution < -0.4 is 14.5 Å². The molecule has 1 fully saturated rings. The van der Waals surface area contributed by atoms with Crippen LogP contribution in [0.15, 0.2) is 72.9 Å². The van der Waals surface area contributed by atoms with Gasteiger partial charge in [0.05, 0.1) is 19.8 Å².